The number of thiophene rings is 1. The van der Waals surface area contributed by atoms with Crippen LogP contribution in [0.4, 0.5) is 5.00 Å². The number of carbonyl (C=O) groups excluding carboxylic acids is 1. The van der Waals surface area contributed by atoms with E-state index in [0.717, 1.165) is 36.9 Å². The van der Waals surface area contributed by atoms with Crippen molar-refractivity contribution in [3.8, 4) is 11.6 Å². The summed E-state index contributed by atoms with van der Waals surface area (Å²) in [6.07, 6.45) is 5.64. The van der Waals surface area contributed by atoms with Crippen LogP contribution in [-0.4, -0.2) is 28.5 Å². The van der Waals surface area contributed by atoms with Gasteiger partial charge >= 0.3 is 5.97 Å². The molecule has 0 aliphatic heterocycles. The Hall–Kier alpha value is -2.29. The number of hydrogen-bond acceptors (Lipinski definition) is 7. The molecule has 0 atom stereocenters. The number of benzene rings is 1. The lowest BCUT2D eigenvalue weighted by atomic mass is 9.95. The van der Waals surface area contributed by atoms with Gasteiger partial charge < -0.3 is 9.84 Å². The average molecular weight is 445 g/mol. The van der Waals surface area contributed by atoms with E-state index in [1.54, 1.807) is 29.0 Å². The van der Waals surface area contributed by atoms with E-state index in [9.17, 15) is 9.90 Å². The lowest BCUT2D eigenvalue weighted by molar-refractivity contribution is 0.0526. The maximum atomic E-state index is 12.6. The number of esters is 1. The number of carbonyl (C=O) groups is 1. The normalized spacial score (nSPS) is 13.6. The van der Waals surface area contributed by atoms with Crippen LogP contribution in [0, 0.1) is 3.95 Å². The molecule has 0 fully saturated rings. The van der Waals surface area contributed by atoms with Crippen LogP contribution in [-0.2, 0) is 17.6 Å². The van der Waals surface area contributed by atoms with Gasteiger partial charge in [-0.25, -0.2) is 9.79 Å². The predicted molar refractivity (Wildman–Crippen MR) is 120 cm³/mol. The molecule has 2 heterocycles. The Kier molecular flexibility index (Phi) is 5.94. The van der Waals surface area contributed by atoms with E-state index in [4.69, 9.17) is 17.0 Å². The predicted octanol–water partition coefficient (Wildman–Crippen LogP) is 5.84. The first kappa shape index (κ1) is 20.0. The third-order valence-electron chi connectivity index (χ3n) is 4.76. The molecule has 1 N–H and O–H groups in total. The molecular weight excluding hydrogens is 424 g/mol. The fourth-order valence-electron chi connectivity index (χ4n) is 3.44. The number of aromatic nitrogens is 1. The highest BCUT2D eigenvalue weighted by molar-refractivity contribution is 7.73. The molecule has 1 aliphatic rings. The van der Waals surface area contributed by atoms with Crippen molar-refractivity contribution in [2.75, 3.05) is 6.61 Å². The lowest BCUT2D eigenvalue weighted by Crippen LogP contribution is -2.09. The van der Waals surface area contributed by atoms with Gasteiger partial charge in [-0.15, -0.1) is 11.3 Å². The van der Waals surface area contributed by atoms with E-state index in [0.29, 0.717) is 26.0 Å². The van der Waals surface area contributed by atoms with Gasteiger partial charge in [0.25, 0.3) is 0 Å². The molecule has 29 heavy (non-hydrogen) atoms. The Morgan fingerprint density at radius 1 is 1.28 bits per heavy atom. The van der Waals surface area contributed by atoms with E-state index in [1.807, 2.05) is 30.3 Å². The van der Waals surface area contributed by atoms with Crippen molar-refractivity contribution in [1.82, 2.24) is 4.57 Å². The second-order valence-corrected chi connectivity index (χ2v) is 9.36. The number of thiazole rings is 1. The summed E-state index contributed by atoms with van der Waals surface area (Å²) in [5, 5.41) is 11.3. The average Bonchev–Trinajstić information content (AvgIpc) is 3.23. The number of aliphatic imine (C=N–C) groups is 1. The van der Waals surface area contributed by atoms with Crippen LogP contribution in [0.3, 0.4) is 0 Å². The van der Waals surface area contributed by atoms with E-state index >= 15 is 0 Å². The molecule has 0 amide bonds. The Labute approximate surface area is 181 Å². The van der Waals surface area contributed by atoms with Gasteiger partial charge in [0, 0.05) is 4.88 Å². The smallest absolute Gasteiger partial charge is 0.341 e. The summed E-state index contributed by atoms with van der Waals surface area (Å²) >= 11 is 8.26. The SMILES string of the molecule is CCOC(=O)c1c(/N=C/c2sc(=S)n(-c3ccccc3)c2O)sc2c1CCCC2. The van der Waals surface area contributed by atoms with E-state index in [-0.39, 0.29) is 11.8 Å². The first-order valence-electron chi connectivity index (χ1n) is 9.46. The third kappa shape index (κ3) is 3.92. The van der Waals surface area contributed by atoms with Crippen LogP contribution in [0.15, 0.2) is 35.3 Å². The first-order chi connectivity index (χ1) is 14.1. The molecule has 0 saturated heterocycles. The summed E-state index contributed by atoms with van der Waals surface area (Å²) in [5.74, 6) is -0.272. The number of hydrogen-bond donors (Lipinski definition) is 1. The largest absolute Gasteiger partial charge is 0.493 e. The van der Waals surface area contributed by atoms with Gasteiger partial charge in [-0.1, -0.05) is 29.5 Å². The van der Waals surface area contributed by atoms with E-state index in [1.165, 1.54) is 16.2 Å². The molecule has 0 radical (unpaired) electrons. The van der Waals surface area contributed by atoms with Crippen LogP contribution in [0.25, 0.3) is 5.69 Å². The Morgan fingerprint density at radius 3 is 2.79 bits per heavy atom. The Morgan fingerprint density at radius 2 is 2.03 bits per heavy atom. The molecule has 3 aromatic rings. The summed E-state index contributed by atoms with van der Waals surface area (Å²) in [6, 6.07) is 9.46. The highest BCUT2D eigenvalue weighted by Crippen LogP contribution is 2.40. The number of nitrogens with zero attached hydrogens (tertiary/aromatic N) is 2. The molecule has 0 bridgehead atoms. The molecule has 2 aromatic heterocycles. The van der Waals surface area contributed by atoms with Gasteiger partial charge in [-0.05, 0) is 62.5 Å². The Balaban J connectivity index is 1.73. The van der Waals surface area contributed by atoms with Gasteiger partial charge in [0.15, 0.2) is 3.95 Å². The quantitative estimate of drug-likeness (QED) is 0.305. The molecule has 1 aromatic carbocycles. The summed E-state index contributed by atoms with van der Waals surface area (Å²) < 4.78 is 7.43. The molecular formula is C21H20N2O3S3. The molecule has 0 saturated carbocycles. The highest BCUT2D eigenvalue weighted by Gasteiger charge is 2.26. The molecule has 1 aliphatic carbocycles. The summed E-state index contributed by atoms with van der Waals surface area (Å²) in [7, 11) is 0. The molecule has 0 spiro atoms. The van der Waals surface area contributed by atoms with Crippen LogP contribution in [0.2, 0.25) is 0 Å². The van der Waals surface area contributed by atoms with Gasteiger partial charge in [-0.3, -0.25) is 4.57 Å². The standard InChI is InChI=1S/C21H20N2O3S3/c1-2-26-20(25)17-14-10-6-7-11-15(14)28-18(17)22-12-16-19(24)23(21(27)29-16)13-8-4-3-5-9-13/h3-5,8-9,12,24H,2,6-7,10-11H2,1H3/b22-12+. The topological polar surface area (TPSA) is 63.8 Å². The fraction of sp³-hybridized carbons (Fsp3) is 0.286. The van der Waals surface area contributed by atoms with Crippen LogP contribution in [0.1, 0.15) is 45.4 Å². The van der Waals surface area contributed by atoms with Crippen LogP contribution in [0.5, 0.6) is 5.88 Å². The number of fused-ring (bicyclic) bond motifs is 1. The second kappa shape index (κ2) is 8.61. The summed E-state index contributed by atoms with van der Waals surface area (Å²) in [4.78, 5) is 18.9. The third-order valence-corrected chi connectivity index (χ3v) is 7.26. The number of rotatable bonds is 5. The minimum absolute atomic E-state index is 0.0500. The fourth-order valence-corrected chi connectivity index (χ4v) is 5.89. The van der Waals surface area contributed by atoms with Crippen LogP contribution < -0.4 is 0 Å². The van der Waals surface area contributed by atoms with Gasteiger partial charge in [0.1, 0.15) is 9.88 Å². The number of aryl methyl sites for hydroxylation is 1. The minimum atomic E-state index is -0.322. The van der Waals surface area contributed by atoms with Crippen molar-refractivity contribution in [1.29, 1.82) is 0 Å². The maximum absolute atomic E-state index is 12.6. The van der Waals surface area contributed by atoms with Crippen LogP contribution >= 0.6 is 34.9 Å². The zero-order valence-electron chi connectivity index (χ0n) is 15.9. The van der Waals surface area contributed by atoms with Gasteiger partial charge in [-0.2, -0.15) is 0 Å². The molecule has 150 valence electrons. The minimum Gasteiger partial charge on any atom is -0.493 e. The monoisotopic (exact) mass is 444 g/mol. The van der Waals surface area contributed by atoms with Crippen molar-refractivity contribution < 1.29 is 14.6 Å². The Bertz CT molecular complexity index is 1130. The molecule has 8 heteroatoms. The van der Waals surface area contributed by atoms with Crippen molar-refractivity contribution >= 4 is 52.1 Å². The molecule has 0 unspecified atom stereocenters. The molecule has 5 nitrogen and oxygen atoms in total. The van der Waals surface area contributed by atoms with Gasteiger partial charge in [0.2, 0.25) is 5.88 Å². The first-order valence-corrected chi connectivity index (χ1v) is 11.5. The lowest BCUT2D eigenvalue weighted by Gasteiger charge is -2.11. The summed E-state index contributed by atoms with van der Waals surface area (Å²) in [5.41, 5.74) is 2.45. The van der Waals surface area contributed by atoms with E-state index < -0.39 is 0 Å². The number of aromatic hydroxyl groups is 1. The maximum Gasteiger partial charge on any atom is 0.341 e. The van der Waals surface area contributed by atoms with Gasteiger partial charge in [0.05, 0.1) is 24.1 Å². The van der Waals surface area contributed by atoms with Crippen molar-refractivity contribution in [2.24, 2.45) is 4.99 Å². The zero-order chi connectivity index (χ0) is 20.4. The second-order valence-electron chi connectivity index (χ2n) is 6.60. The molecule has 4 rings (SSSR count). The number of para-hydroxylation sites is 1. The van der Waals surface area contributed by atoms with Crippen molar-refractivity contribution in [2.45, 2.75) is 32.6 Å². The summed E-state index contributed by atoms with van der Waals surface area (Å²) in [6.45, 7) is 2.13. The zero-order valence-corrected chi connectivity index (χ0v) is 18.3. The van der Waals surface area contributed by atoms with Crippen molar-refractivity contribution in [3.63, 3.8) is 0 Å². The highest BCUT2D eigenvalue weighted by atomic mass is 32.1. The van der Waals surface area contributed by atoms with Crippen molar-refractivity contribution in [3.05, 3.63) is 55.2 Å². The number of ether oxygens (including phenoxy) is 1. The van der Waals surface area contributed by atoms with E-state index in [2.05, 4.69) is 4.99 Å².